The molecular weight excluding hydrogens is 362 g/mol. The molecule has 142 valence electrons. The largest absolute Gasteiger partial charge is 0.449 e. The molecule has 29 heavy (non-hydrogen) atoms. The Kier molecular flexibility index (Phi) is 5.35. The smallest absolute Gasteiger partial charge is 0.407 e. The Balaban J connectivity index is 1.35. The molecule has 0 spiro atoms. The number of hydrogen-bond acceptors (Lipinski definition) is 4. The van der Waals surface area contributed by atoms with Gasteiger partial charge < -0.3 is 10.1 Å². The van der Waals surface area contributed by atoms with Gasteiger partial charge in [0.15, 0.2) is 0 Å². The minimum absolute atomic E-state index is 0.0391. The number of carbonyl (C=O) groups is 1. The second-order valence-corrected chi connectivity index (χ2v) is 6.66. The topological polar surface area (TPSA) is 75.0 Å². The number of aromatic nitrogens is 1. The molecular formula is C24H19N3O2. The van der Waals surface area contributed by atoms with Crippen LogP contribution in [0, 0.1) is 11.3 Å². The van der Waals surface area contributed by atoms with Crippen molar-refractivity contribution in [2.24, 2.45) is 0 Å². The first-order valence-corrected chi connectivity index (χ1v) is 9.38. The molecule has 1 N–H and O–H groups in total. The summed E-state index contributed by atoms with van der Waals surface area (Å²) in [5.41, 5.74) is 5.83. The molecule has 0 saturated heterocycles. The maximum Gasteiger partial charge on any atom is 0.407 e. The Labute approximate surface area is 169 Å². The van der Waals surface area contributed by atoms with Crippen LogP contribution in [-0.4, -0.2) is 24.2 Å². The van der Waals surface area contributed by atoms with Gasteiger partial charge in [-0.25, -0.2) is 9.78 Å². The van der Waals surface area contributed by atoms with Crippen molar-refractivity contribution >= 4 is 12.2 Å². The van der Waals surface area contributed by atoms with Crippen molar-refractivity contribution in [1.29, 1.82) is 5.26 Å². The maximum atomic E-state index is 12.1. The van der Waals surface area contributed by atoms with Gasteiger partial charge >= 0.3 is 6.09 Å². The molecule has 1 heterocycles. The number of nitrogens with zero attached hydrogens (tertiary/aromatic N) is 2. The average molecular weight is 381 g/mol. The highest BCUT2D eigenvalue weighted by atomic mass is 16.5. The van der Waals surface area contributed by atoms with E-state index in [0.717, 1.165) is 0 Å². The molecule has 5 heteroatoms. The standard InChI is InChI=1S/C24H19N3O2/c25-15-23-17(7-5-13-26-23)8-6-14-27-24(28)29-16-22-20-11-3-1-9-18(20)19-10-2-4-12-21(19)22/h1-13,22H,14,16H2,(H,27,28). The van der Waals surface area contributed by atoms with Crippen molar-refractivity contribution in [3.63, 3.8) is 0 Å². The zero-order chi connectivity index (χ0) is 20.1. The van der Waals surface area contributed by atoms with E-state index in [4.69, 9.17) is 10.00 Å². The number of amides is 1. The fraction of sp³-hybridized carbons (Fsp3) is 0.125. The van der Waals surface area contributed by atoms with Crippen LogP contribution in [0.5, 0.6) is 0 Å². The van der Waals surface area contributed by atoms with E-state index in [0.29, 0.717) is 17.8 Å². The van der Waals surface area contributed by atoms with Gasteiger partial charge in [0.25, 0.3) is 0 Å². The summed E-state index contributed by atoms with van der Waals surface area (Å²) < 4.78 is 5.49. The van der Waals surface area contributed by atoms with Crippen molar-refractivity contribution < 1.29 is 9.53 Å². The molecule has 3 aromatic rings. The van der Waals surface area contributed by atoms with Gasteiger partial charge in [0.1, 0.15) is 18.4 Å². The molecule has 4 rings (SSSR count). The quantitative estimate of drug-likeness (QED) is 0.706. The Hall–Kier alpha value is -3.91. The van der Waals surface area contributed by atoms with E-state index < -0.39 is 6.09 Å². The number of fused-ring (bicyclic) bond motifs is 3. The van der Waals surface area contributed by atoms with Gasteiger partial charge in [-0.15, -0.1) is 0 Å². The van der Waals surface area contributed by atoms with Crippen LogP contribution >= 0.6 is 0 Å². The number of hydrogen-bond donors (Lipinski definition) is 1. The number of nitriles is 1. The number of alkyl carbamates (subject to hydrolysis) is 1. The fourth-order valence-electron chi connectivity index (χ4n) is 3.62. The van der Waals surface area contributed by atoms with Crippen LogP contribution in [0.4, 0.5) is 4.79 Å². The molecule has 0 atom stereocenters. The van der Waals surface area contributed by atoms with E-state index in [1.165, 1.54) is 22.3 Å². The summed E-state index contributed by atoms with van der Waals surface area (Å²) in [4.78, 5) is 16.1. The van der Waals surface area contributed by atoms with Crippen LogP contribution in [-0.2, 0) is 4.74 Å². The summed E-state index contributed by atoms with van der Waals surface area (Å²) in [6.07, 6.45) is 4.63. The van der Waals surface area contributed by atoms with Crippen LogP contribution in [0.2, 0.25) is 0 Å². The lowest BCUT2D eigenvalue weighted by atomic mass is 9.98. The van der Waals surface area contributed by atoms with Gasteiger partial charge in [-0.1, -0.05) is 66.7 Å². The summed E-state index contributed by atoms with van der Waals surface area (Å²) in [7, 11) is 0. The lowest BCUT2D eigenvalue weighted by Gasteiger charge is -2.14. The van der Waals surface area contributed by atoms with Gasteiger partial charge in [-0.3, -0.25) is 0 Å². The first-order valence-electron chi connectivity index (χ1n) is 9.38. The third kappa shape index (κ3) is 3.87. The minimum Gasteiger partial charge on any atom is -0.449 e. The molecule has 0 bridgehead atoms. The number of nitrogens with one attached hydrogen (secondary N) is 1. The summed E-state index contributed by atoms with van der Waals surface area (Å²) in [6.45, 7) is 0.585. The van der Waals surface area contributed by atoms with Gasteiger partial charge in [0.2, 0.25) is 0 Å². The summed E-state index contributed by atoms with van der Waals surface area (Å²) in [6, 6.07) is 22.1. The molecule has 0 fully saturated rings. The Morgan fingerprint density at radius 3 is 2.45 bits per heavy atom. The second-order valence-electron chi connectivity index (χ2n) is 6.66. The highest BCUT2D eigenvalue weighted by molar-refractivity contribution is 5.79. The highest BCUT2D eigenvalue weighted by Crippen LogP contribution is 2.44. The fourth-order valence-corrected chi connectivity index (χ4v) is 3.62. The van der Waals surface area contributed by atoms with Gasteiger partial charge in [0.05, 0.1) is 0 Å². The van der Waals surface area contributed by atoms with Gasteiger partial charge in [0, 0.05) is 24.2 Å². The molecule has 0 radical (unpaired) electrons. The summed E-state index contributed by atoms with van der Waals surface area (Å²) in [5, 5.41) is 11.8. The molecule has 0 saturated carbocycles. The normalized spacial score (nSPS) is 12.2. The van der Waals surface area contributed by atoms with Crippen LogP contribution in [0.25, 0.3) is 17.2 Å². The predicted molar refractivity (Wildman–Crippen MR) is 111 cm³/mol. The third-order valence-corrected chi connectivity index (χ3v) is 4.95. The number of ether oxygens (including phenoxy) is 1. The molecule has 1 amide bonds. The SMILES string of the molecule is N#Cc1ncccc1C=CCNC(=O)OCC1c2ccccc2-c2ccccc21. The van der Waals surface area contributed by atoms with E-state index in [2.05, 4.69) is 34.6 Å². The monoisotopic (exact) mass is 381 g/mol. The van der Waals surface area contributed by atoms with Gasteiger partial charge in [-0.2, -0.15) is 5.26 Å². The minimum atomic E-state index is -0.469. The zero-order valence-corrected chi connectivity index (χ0v) is 15.7. The Morgan fingerprint density at radius 1 is 1.07 bits per heavy atom. The second kappa shape index (κ2) is 8.41. The van der Waals surface area contributed by atoms with Crippen LogP contribution in [0.3, 0.4) is 0 Å². The van der Waals surface area contributed by atoms with E-state index in [1.54, 1.807) is 30.5 Å². The first-order chi connectivity index (χ1) is 14.3. The Bertz CT molecular complexity index is 1070. The third-order valence-electron chi connectivity index (χ3n) is 4.95. The summed E-state index contributed by atoms with van der Waals surface area (Å²) >= 11 is 0. The molecule has 1 aromatic heterocycles. The number of rotatable bonds is 5. The molecule has 1 aliphatic rings. The van der Waals surface area contributed by atoms with E-state index in [-0.39, 0.29) is 12.5 Å². The van der Waals surface area contributed by atoms with Crippen molar-refractivity contribution in [3.8, 4) is 17.2 Å². The predicted octanol–water partition coefficient (Wildman–Crippen LogP) is 4.51. The number of pyridine rings is 1. The van der Waals surface area contributed by atoms with Gasteiger partial charge in [-0.05, 0) is 28.3 Å². The van der Waals surface area contributed by atoms with E-state index in [9.17, 15) is 4.79 Å². The summed E-state index contributed by atoms with van der Waals surface area (Å²) in [5.74, 6) is 0.0391. The zero-order valence-electron chi connectivity index (χ0n) is 15.7. The number of carbonyl (C=O) groups excluding carboxylic acids is 1. The van der Waals surface area contributed by atoms with Crippen molar-refractivity contribution in [3.05, 3.63) is 95.3 Å². The van der Waals surface area contributed by atoms with E-state index >= 15 is 0 Å². The molecule has 1 aliphatic carbocycles. The van der Waals surface area contributed by atoms with Crippen LogP contribution in [0.1, 0.15) is 28.3 Å². The van der Waals surface area contributed by atoms with Crippen molar-refractivity contribution in [2.75, 3.05) is 13.2 Å². The Morgan fingerprint density at radius 2 is 1.76 bits per heavy atom. The number of benzene rings is 2. The lowest BCUT2D eigenvalue weighted by Crippen LogP contribution is -2.26. The van der Waals surface area contributed by atoms with E-state index in [1.807, 2.05) is 30.3 Å². The lowest BCUT2D eigenvalue weighted by molar-refractivity contribution is 0.144. The molecule has 2 aromatic carbocycles. The highest BCUT2D eigenvalue weighted by Gasteiger charge is 2.28. The van der Waals surface area contributed by atoms with Crippen molar-refractivity contribution in [1.82, 2.24) is 10.3 Å². The van der Waals surface area contributed by atoms with Crippen molar-refractivity contribution in [2.45, 2.75) is 5.92 Å². The molecule has 5 nitrogen and oxygen atoms in total. The maximum absolute atomic E-state index is 12.1. The average Bonchev–Trinajstić information content (AvgIpc) is 3.09. The molecule has 0 unspecified atom stereocenters. The first kappa shape index (κ1) is 18.5. The van der Waals surface area contributed by atoms with Crippen LogP contribution in [0.15, 0.2) is 72.9 Å². The molecule has 0 aliphatic heterocycles. The van der Waals surface area contributed by atoms with Crippen LogP contribution < -0.4 is 5.32 Å².